The molecule has 0 saturated carbocycles. The van der Waals surface area contributed by atoms with Gasteiger partial charge in [-0.2, -0.15) is 0 Å². The maximum absolute atomic E-state index is 6.28. The Morgan fingerprint density at radius 2 is 1.90 bits per heavy atom. The van der Waals surface area contributed by atoms with Crippen LogP contribution in [0.4, 0.5) is 0 Å². The van der Waals surface area contributed by atoms with Crippen molar-refractivity contribution in [3.8, 4) is 5.69 Å². The van der Waals surface area contributed by atoms with Crippen molar-refractivity contribution in [2.75, 3.05) is 0 Å². The Kier molecular flexibility index (Phi) is 3.82. The van der Waals surface area contributed by atoms with Crippen LogP contribution in [-0.2, 0) is 0 Å². The Morgan fingerprint density at radius 3 is 2.57 bits per heavy atom. The molecule has 2 heterocycles. The molecular formula is C15H12Cl3N3. The van der Waals surface area contributed by atoms with Crippen LogP contribution in [0.25, 0.3) is 16.9 Å². The maximum atomic E-state index is 6.28. The first kappa shape index (κ1) is 14.6. The number of aryl methyl sites for hydroxylation is 1. The molecule has 3 nitrogen and oxygen atoms in total. The summed E-state index contributed by atoms with van der Waals surface area (Å²) in [6.07, 6.45) is 1.76. The molecule has 3 rings (SSSR count). The molecule has 0 aliphatic heterocycles. The first-order valence-electron chi connectivity index (χ1n) is 6.42. The van der Waals surface area contributed by atoms with Crippen LogP contribution >= 0.6 is 34.8 Å². The highest BCUT2D eigenvalue weighted by atomic mass is 35.5. The Bertz CT molecular complexity index is 824. The summed E-state index contributed by atoms with van der Waals surface area (Å²) in [5, 5.41) is 0.736. The zero-order chi connectivity index (χ0) is 15.1. The van der Waals surface area contributed by atoms with Crippen LogP contribution < -0.4 is 0 Å². The lowest BCUT2D eigenvalue weighted by Gasteiger charge is -2.10. The second kappa shape index (κ2) is 5.48. The van der Waals surface area contributed by atoms with Gasteiger partial charge in [0.05, 0.1) is 21.1 Å². The van der Waals surface area contributed by atoms with E-state index in [0.29, 0.717) is 10.0 Å². The highest BCUT2D eigenvalue weighted by Crippen LogP contribution is 2.31. The first-order valence-corrected chi connectivity index (χ1v) is 7.61. The van der Waals surface area contributed by atoms with Crippen molar-refractivity contribution >= 4 is 46.0 Å². The fourth-order valence-electron chi connectivity index (χ4n) is 2.26. The number of imidazole rings is 1. The van der Waals surface area contributed by atoms with Crippen molar-refractivity contribution in [2.45, 2.75) is 19.2 Å². The molecule has 0 saturated heterocycles. The number of hydrogen-bond donors (Lipinski definition) is 0. The molecule has 6 heteroatoms. The Morgan fingerprint density at radius 1 is 1.14 bits per heavy atom. The van der Waals surface area contributed by atoms with Crippen molar-refractivity contribution < 1.29 is 0 Å². The normalized spacial score (nSPS) is 12.8. The second-order valence-corrected chi connectivity index (χ2v) is 6.29. The first-order chi connectivity index (χ1) is 9.99. The molecule has 108 valence electrons. The monoisotopic (exact) mass is 339 g/mol. The van der Waals surface area contributed by atoms with Gasteiger partial charge in [-0.1, -0.05) is 23.2 Å². The maximum Gasteiger partial charge on any atom is 0.164 e. The molecule has 0 fully saturated rings. The average Bonchev–Trinajstić information content (AvgIpc) is 2.83. The van der Waals surface area contributed by atoms with Crippen LogP contribution in [0.5, 0.6) is 0 Å². The number of alkyl halides is 1. The van der Waals surface area contributed by atoms with Crippen LogP contribution in [0.2, 0.25) is 10.0 Å². The number of hydrogen-bond acceptors (Lipinski definition) is 2. The minimum atomic E-state index is -0.256. The number of halogens is 3. The van der Waals surface area contributed by atoms with Crippen molar-refractivity contribution in [3.05, 3.63) is 51.9 Å². The van der Waals surface area contributed by atoms with Crippen LogP contribution in [0.15, 0.2) is 30.5 Å². The van der Waals surface area contributed by atoms with Crippen LogP contribution in [0.1, 0.15) is 23.7 Å². The number of rotatable bonds is 2. The third-order valence-electron chi connectivity index (χ3n) is 3.29. The van der Waals surface area contributed by atoms with E-state index in [0.717, 1.165) is 28.2 Å². The molecule has 0 spiro atoms. The fraction of sp³-hybridized carbons (Fsp3) is 0.200. The molecule has 1 atom stereocenters. The topological polar surface area (TPSA) is 30.7 Å². The van der Waals surface area contributed by atoms with E-state index in [1.165, 1.54) is 0 Å². The zero-order valence-corrected chi connectivity index (χ0v) is 13.7. The molecule has 0 aliphatic rings. The van der Waals surface area contributed by atoms with Gasteiger partial charge in [0, 0.05) is 6.20 Å². The van der Waals surface area contributed by atoms with E-state index < -0.39 is 0 Å². The van der Waals surface area contributed by atoms with Crippen molar-refractivity contribution in [2.24, 2.45) is 0 Å². The van der Waals surface area contributed by atoms with Crippen molar-refractivity contribution in [3.63, 3.8) is 0 Å². The summed E-state index contributed by atoms with van der Waals surface area (Å²) >= 11 is 18.4. The fourth-order valence-corrected chi connectivity index (χ4v) is 2.70. The van der Waals surface area contributed by atoms with E-state index in [1.54, 1.807) is 18.3 Å². The second-order valence-electron chi connectivity index (χ2n) is 4.82. The highest BCUT2D eigenvalue weighted by Gasteiger charge is 2.18. The van der Waals surface area contributed by atoms with Gasteiger partial charge in [0.25, 0.3) is 0 Å². The van der Waals surface area contributed by atoms with Crippen molar-refractivity contribution in [1.82, 2.24) is 14.5 Å². The van der Waals surface area contributed by atoms with Gasteiger partial charge in [0.15, 0.2) is 5.65 Å². The summed E-state index contributed by atoms with van der Waals surface area (Å²) in [6, 6.07) is 7.35. The molecule has 0 N–H and O–H groups in total. The standard InChI is InChI=1S/C15H12Cl3N3/c1-8-5-6-19-15-13(8)20-14(9(2)16)21(15)10-3-4-11(17)12(18)7-10/h3-7,9H,1-2H3. The lowest BCUT2D eigenvalue weighted by atomic mass is 10.2. The quantitative estimate of drug-likeness (QED) is 0.590. The minimum Gasteiger partial charge on any atom is -0.279 e. The van der Waals surface area contributed by atoms with Crippen LogP contribution in [0, 0.1) is 6.92 Å². The Hall–Kier alpha value is -1.29. The molecule has 21 heavy (non-hydrogen) atoms. The van der Waals surface area contributed by atoms with Gasteiger partial charge in [-0.3, -0.25) is 4.57 Å². The smallest absolute Gasteiger partial charge is 0.164 e. The van der Waals surface area contributed by atoms with Gasteiger partial charge >= 0.3 is 0 Å². The summed E-state index contributed by atoms with van der Waals surface area (Å²) in [4.78, 5) is 9.07. The molecule has 1 unspecified atom stereocenters. The van der Waals surface area contributed by atoms with Crippen molar-refractivity contribution in [1.29, 1.82) is 0 Å². The molecule has 3 aromatic rings. The van der Waals surface area contributed by atoms with Crippen LogP contribution in [-0.4, -0.2) is 14.5 Å². The lowest BCUT2D eigenvalue weighted by molar-refractivity contribution is 0.877. The number of aromatic nitrogens is 3. The van der Waals surface area contributed by atoms with E-state index in [2.05, 4.69) is 9.97 Å². The lowest BCUT2D eigenvalue weighted by Crippen LogP contribution is -2.02. The van der Waals surface area contributed by atoms with Gasteiger partial charge in [-0.05, 0) is 43.7 Å². The molecule has 0 radical (unpaired) electrons. The number of pyridine rings is 1. The molecule has 0 amide bonds. The number of nitrogens with zero attached hydrogens (tertiary/aromatic N) is 3. The van der Waals surface area contributed by atoms with E-state index in [9.17, 15) is 0 Å². The van der Waals surface area contributed by atoms with Crippen LogP contribution in [0.3, 0.4) is 0 Å². The van der Waals surface area contributed by atoms with E-state index in [-0.39, 0.29) is 5.38 Å². The van der Waals surface area contributed by atoms with Gasteiger partial charge in [0.1, 0.15) is 11.3 Å². The Labute approximate surface area is 137 Å². The summed E-state index contributed by atoms with van der Waals surface area (Å²) < 4.78 is 1.92. The van der Waals surface area contributed by atoms with Gasteiger partial charge in [-0.25, -0.2) is 9.97 Å². The van der Waals surface area contributed by atoms with E-state index >= 15 is 0 Å². The number of fused-ring (bicyclic) bond motifs is 1. The average molecular weight is 341 g/mol. The predicted molar refractivity (Wildman–Crippen MR) is 87.9 cm³/mol. The summed E-state index contributed by atoms with van der Waals surface area (Å²) in [5.41, 5.74) is 3.49. The zero-order valence-electron chi connectivity index (χ0n) is 11.4. The largest absolute Gasteiger partial charge is 0.279 e. The summed E-state index contributed by atoms with van der Waals surface area (Å²) in [7, 11) is 0. The van der Waals surface area contributed by atoms with Gasteiger partial charge in [0.2, 0.25) is 0 Å². The van der Waals surface area contributed by atoms with E-state index in [4.69, 9.17) is 34.8 Å². The SMILES string of the molecule is Cc1ccnc2c1nc(C(C)Cl)n2-c1ccc(Cl)c(Cl)c1. The molecule has 0 bridgehead atoms. The van der Waals surface area contributed by atoms with Gasteiger partial charge in [-0.15, -0.1) is 11.6 Å². The Balaban J connectivity index is 2.36. The highest BCUT2D eigenvalue weighted by molar-refractivity contribution is 6.42. The van der Waals surface area contributed by atoms with Gasteiger partial charge < -0.3 is 0 Å². The predicted octanol–water partition coefficient (Wildman–Crippen LogP) is 5.34. The molecule has 1 aromatic carbocycles. The third kappa shape index (κ3) is 2.50. The summed E-state index contributed by atoms with van der Waals surface area (Å²) in [6.45, 7) is 3.88. The molecule has 2 aromatic heterocycles. The molecular weight excluding hydrogens is 329 g/mol. The minimum absolute atomic E-state index is 0.256. The summed E-state index contributed by atoms with van der Waals surface area (Å²) in [5.74, 6) is 0.729. The number of benzene rings is 1. The van der Waals surface area contributed by atoms with E-state index in [1.807, 2.05) is 30.5 Å². The molecule has 0 aliphatic carbocycles. The third-order valence-corrected chi connectivity index (χ3v) is 4.23.